The first-order valence-corrected chi connectivity index (χ1v) is 8.05. The van der Waals surface area contributed by atoms with Crippen molar-refractivity contribution in [2.45, 2.75) is 46.4 Å². The number of ether oxygens (including phenoxy) is 1. The van der Waals surface area contributed by atoms with Crippen LogP contribution in [0.2, 0.25) is 0 Å². The molecule has 1 N–H and O–H groups in total. The van der Waals surface area contributed by atoms with Crippen LogP contribution < -0.4 is 5.32 Å². The highest BCUT2D eigenvalue weighted by Gasteiger charge is 2.07. The molecule has 0 unspecified atom stereocenters. The topological polar surface area (TPSA) is 38.3 Å². The van der Waals surface area contributed by atoms with Crippen molar-refractivity contribution < 1.29 is 9.53 Å². The van der Waals surface area contributed by atoms with Crippen LogP contribution in [0, 0.1) is 6.92 Å². The molecule has 0 heterocycles. The highest BCUT2D eigenvalue weighted by Crippen LogP contribution is 2.11. The van der Waals surface area contributed by atoms with Gasteiger partial charge in [-0.1, -0.05) is 54.1 Å². The minimum absolute atomic E-state index is 0.0356. The lowest BCUT2D eigenvalue weighted by molar-refractivity contribution is -0.120. The molecule has 0 saturated heterocycles. The van der Waals surface area contributed by atoms with E-state index in [2.05, 4.69) is 5.32 Å². The van der Waals surface area contributed by atoms with Gasteiger partial charge in [0.1, 0.15) is 0 Å². The molecule has 2 aromatic carbocycles. The molecule has 0 aliphatic carbocycles. The van der Waals surface area contributed by atoms with Crippen LogP contribution in [0.25, 0.3) is 0 Å². The summed E-state index contributed by atoms with van der Waals surface area (Å²) in [6.07, 6.45) is 0.601. The lowest BCUT2D eigenvalue weighted by Crippen LogP contribution is -2.25. The zero-order valence-corrected chi connectivity index (χ0v) is 14.1. The number of benzene rings is 2. The van der Waals surface area contributed by atoms with E-state index in [1.807, 2.05) is 69.3 Å². The maximum absolute atomic E-state index is 12.1. The summed E-state index contributed by atoms with van der Waals surface area (Å²) in [6, 6.07) is 16.1. The molecule has 2 aromatic rings. The Morgan fingerprint density at radius 1 is 1.04 bits per heavy atom. The molecule has 0 aliphatic heterocycles. The fraction of sp³-hybridized carbons (Fsp3) is 0.350. The van der Waals surface area contributed by atoms with Crippen molar-refractivity contribution in [1.29, 1.82) is 0 Å². The van der Waals surface area contributed by atoms with Crippen LogP contribution in [0.3, 0.4) is 0 Å². The predicted molar refractivity (Wildman–Crippen MR) is 93.1 cm³/mol. The summed E-state index contributed by atoms with van der Waals surface area (Å²) >= 11 is 0. The molecule has 2 rings (SSSR count). The second-order valence-corrected chi connectivity index (χ2v) is 6.07. The Kier molecular flexibility index (Phi) is 6.36. The van der Waals surface area contributed by atoms with Crippen LogP contribution in [-0.2, 0) is 29.1 Å². The Bertz CT molecular complexity index is 632. The van der Waals surface area contributed by atoms with E-state index in [9.17, 15) is 4.79 Å². The molecule has 0 saturated carbocycles. The van der Waals surface area contributed by atoms with Gasteiger partial charge in [0.25, 0.3) is 0 Å². The highest BCUT2D eigenvalue weighted by atomic mass is 16.5. The van der Waals surface area contributed by atoms with Crippen LogP contribution in [-0.4, -0.2) is 12.0 Å². The molecule has 122 valence electrons. The molecular weight excluding hydrogens is 286 g/mol. The van der Waals surface area contributed by atoms with Gasteiger partial charge in [0.2, 0.25) is 5.91 Å². The lowest BCUT2D eigenvalue weighted by Gasteiger charge is -2.13. The van der Waals surface area contributed by atoms with Crippen LogP contribution in [0.1, 0.15) is 36.1 Å². The summed E-state index contributed by atoms with van der Waals surface area (Å²) in [7, 11) is 0. The third-order valence-corrected chi connectivity index (χ3v) is 3.65. The van der Waals surface area contributed by atoms with E-state index < -0.39 is 0 Å². The third kappa shape index (κ3) is 5.87. The van der Waals surface area contributed by atoms with E-state index in [1.54, 1.807) is 0 Å². The van der Waals surface area contributed by atoms with Crippen molar-refractivity contribution in [3.63, 3.8) is 0 Å². The van der Waals surface area contributed by atoms with Crippen LogP contribution in [0.5, 0.6) is 0 Å². The molecule has 0 atom stereocenters. The first-order chi connectivity index (χ1) is 11.0. The Labute approximate surface area is 138 Å². The van der Waals surface area contributed by atoms with E-state index in [4.69, 9.17) is 4.74 Å². The average Bonchev–Trinajstić information content (AvgIpc) is 2.54. The average molecular weight is 311 g/mol. The molecule has 0 fully saturated rings. The summed E-state index contributed by atoms with van der Waals surface area (Å²) < 4.78 is 5.67. The van der Waals surface area contributed by atoms with Gasteiger partial charge in [-0.25, -0.2) is 0 Å². The predicted octanol–water partition coefficient (Wildman–Crippen LogP) is 3.78. The third-order valence-electron chi connectivity index (χ3n) is 3.65. The summed E-state index contributed by atoms with van der Waals surface area (Å²) in [5.74, 6) is 0.0356. The fourth-order valence-corrected chi connectivity index (χ4v) is 2.27. The van der Waals surface area contributed by atoms with Gasteiger partial charge in [0.15, 0.2) is 0 Å². The molecule has 0 radical (unpaired) electrons. The van der Waals surface area contributed by atoms with Gasteiger partial charge in [-0.2, -0.15) is 0 Å². The van der Waals surface area contributed by atoms with Gasteiger partial charge in [-0.3, -0.25) is 4.79 Å². The number of hydrogen-bond donors (Lipinski definition) is 1. The maximum Gasteiger partial charge on any atom is 0.224 e. The Hall–Kier alpha value is -2.13. The number of carbonyl (C=O) groups is 1. The van der Waals surface area contributed by atoms with Crippen molar-refractivity contribution in [3.05, 3.63) is 70.8 Å². The van der Waals surface area contributed by atoms with Gasteiger partial charge in [-0.05, 0) is 37.5 Å². The summed E-state index contributed by atoms with van der Waals surface area (Å²) in [5.41, 5.74) is 4.46. The second-order valence-electron chi connectivity index (χ2n) is 6.07. The molecule has 3 heteroatoms. The SMILES string of the molecule is Cc1ccc(CC(=O)NCc2ccccc2COC(C)C)cc1. The van der Waals surface area contributed by atoms with Crippen molar-refractivity contribution in [3.8, 4) is 0 Å². The largest absolute Gasteiger partial charge is 0.374 e. The quantitative estimate of drug-likeness (QED) is 0.845. The second kappa shape index (κ2) is 8.49. The molecule has 0 aromatic heterocycles. The van der Waals surface area contributed by atoms with Gasteiger partial charge in [0.05, 0.1) is 19.1 Å². The van der Waals surface area contributed by atoms with Crippen molar-refractivity contribution in [2.24, 2.45) is 0 Å². The zero-order chi connectivity index (χ0) is 16.7. The molecule has 23 heavy (non-hydrogen) atoms. The molecule has 0 bridgehead atoms. The van der Waals surface area contributed by atoms with Crippen LogP contribution in [0.4, 0.5) is 0 Å². The van der Waals surface area contributed by atoms with Gasteiger partial charge < -0.3 is 10.1 Å². The standard InChI is InChI=1S/C20H25NO2/c1-15(2)23-14-19-7-5-4-6-18(19)13-21-20(22)12-17-10-8-16(3)9-11-17/h4-11,15H,12-14H2,1-3H3,(H,21,22). The van der Waals surface area contributed by atoms with Gasteiger partial charge >= 0.3 is 0 Å². The molecule has 0 aliphatic rings. The molecule has 1 amide bonds. The highest BCUT2D eigenvalue weighted by molar-refractivity contribution is 5.78. The van der Waals surface area contributed by atoms with E-state index in [0.29, 0.717) is 19.6 Å². The number of hydrogen-bond acceptors (Lipinski definition) is 2. The lowest BCUT2D eigenvalue weighted by atomic mass is 10.1. The van der Waals surface area contributed by atoms with E-state index in [0.717, 1.165) is 16.7 Å². The fourth-order valence-electron chi connectivity index (χ4n) is 2.27. The summed E-state index contributed by atoms with van der Waals surface area (Å²) in [5, 5.41) is 3.00. The van der Waals surface area contributed by atoms with E-state index >= 15 is 0 Å². The smallest absolute Gasteiger partial charge is 0.224 e. The molecule has 3 nitrogen and oxygen atoms in total. The number of amides is 1. The van der Waals surface area contributed by atoms with Crippen LogP contribution in [0.15, 0.2) is 48.5 Å². The normalized spacial score (nSPS) is 10.8. The zero-order valence-electron chi connectivity index (χ0n) is 14.1. The monoisotopic (exact) mass is 311 g/mol. The Morgan fingerprint density at radius 2 is 1.70 bits per heavy atom. The van der Waals surface area contributed by atoms with Gasteiger partial charge in [0, 0.05) is 6.54 Å². The maximum atomic E-state index is 12.1. The van der Waals surface area contributed by atoms with Crippen molar-refractivity contribution >= 4 is 5.91 Å². The minimum Gasteiger partial charge on any atom is -0.374 e. The number of rotatable bonds is 7. The Balaban J connectivity index is 1.89. The number of aryl methyl sites for hydroxylation is 1. The van der Waals surface area contributed by atoms with E-state index in [-0.39, 0.29) is 12.0 Å². The minimum atomic E-state index is 0.0356. The Morgan fingerprint density at radius 3 is 2.35 bits per heavy atom. The van der Waals surface area contributed by atoms with E-state index in [1.165, 1.54) is 5.56 Å². The summed E-state index contributed by atoms with van der Waals surface area (Å²) in [6.45, 7) is 7.18. The van der Waals surface area contributed by atoms with Crippen LogP contribution >= 0.6 is 0 Å². The van der Waals surface area contributed by atoms with Crippen molar-refractivity contribution in [1.82, 2.24) is 5.32 Å². The first kappa shape index (κ1) is 17.2. The van der Waals surface area contributed by atoms with Gasteiger partial charge in [-0.15, -0.1) is 0 Å². The number of carbonyl (C=O) groups excluding carboxylic acids is 1. The summed E-state index contributed by atoms with van der Waals surface area (Å²) in [4.78, 5) is 12.1. The first-order valence-electron chi connectivity index (χ1n) is 8.05. The molecular formula is C20H25NO2. The number of nitrogens with one attached hydrogen (secondary N) is 1. The van der Waals surface area contributed by atoms with Crippen molar-refractivity contribution in [2.75, 3.05) is 0 Å². The molecule has 0 spiro atoms.